The first-order valence-corrected chi connectivity index (χ1v) is 11.4. The van der Waals surface area contributed by atoms with Gasteiger partial charge in [-0.2, -0.15) is 0 Å². The van der Waals surface area contributed by atoms with Gasteiger partial charge in [0.05, 0.1) is 23.9 Å². The zero-order valence-electron chi connectivity index (χ0n) is 18.9. The summed E-state index contributed by atoms with van der Waals surface area (Å²) in [6, 6.07) is 19.7. The number of carbonyl (C=O) groups is 1. The zero-order valence-corrected chi connectivity index (χ0v) is 19.7. The minimum atomic E-state index is -0.239. The predicted molar refractivity (Wildman–Crippen MR) is 133 cm³/mol. The van der Waals surface area contributed by atoms with E-state index >= 15 is 0 Å². The second-order valence-corrected chi connectivity index (χ2v) is 9.01. The van der Waals surface area contributed by atoms with Crippen molar-refractivity contribution in [1.82, 2.24) is 9.88 Å². The second-order valence-electron chi connectivity index (χ2n) is 8.60. The number of anilines is 1. The number of aromatic nitrogens is 1. The first kappa shape index (κ1) is 21.4. The first-order valence-electron chi connectivity index (χ1n) is 11.0. The van der Waals surface area contributed by atoms with Crippen molar-refractivity contribution in [3.8, 4) is 5.75 Å². The molecule has 1 aliphatic heterocycles. The highest BCUT2D eigenvalue weighted by atomic mass is 35.5. The lowest BCUT2D eigenvalue weighted by atomic mass is 9.92. The summed E-state index contributed by atoms with van der Waals surface area (Å²) in [5.41, 5.74) is 7.21. The van der Waals surface area contributed by atoms with Crippen molar-refractivity contribution in [2.45, 2.75) is 26.3 Å². The van der Waals surface area contributed by atoms with Gasteiger partial charge in [-0.3, -0.25) is 0 Å². The summed E-state index contributed by atoms with van der Waals surface area (Å²) in [4.78, 5) is 19.0. The quantitative estimate of drug-likeness (QED) is 0.361. The van der Waals surface area contributed by atoms with Crippen molar-refractivity contribution in [2.75, 3.05) is 19.0 Å². The van der Waals surface area contributed by atoms with Crippen molar-refractivity contribution in [3.63, 3.8) is 0 Å². The number of carbonyl (C=O) groups excluding carboxylic acids is 1. The molecule has 1 aromatic heterocycles. The topological polar surface area (TPSA) is 57.4 Å². The van der Waals surface area contributed by atoms with Gasteiger partial charge in [0.2, 0.25) is 0 Å². The van der Waals surface area contributed by atoms with E-state index in [4.69, 9.17) is 16.3 Å². The van der Waals surface area contributed by atoms with E-state index < -0.39 is 0 Å². The van der Waals surface area contributed by atoms with Crippen LogP contribution in [0.1, 0.15) is 34.0 Å². The number of urea groups is 1. The first-order chi connectivity index (χ1) is 15.9. The fourth-order valence-corrected chi connectivity index (χ4v) is 4.90. The molecule has 0 saturated carbocycles. The fraction of sp³-hybridized carbons (Fsp3) is 0.222. The lowest BCUT2D eigenvalue weighted by Gasteiger charge is -2.36. The van der Waals surface area contributed by atoms with E-state index in [0.29, 0.717) is 17.3 Å². The number of hydrogen-bond acceptors (Lipinski definition) is 2. The number of hydrogen-bond donors (Lipinski definition) is 2. The number of aromatic amines is 1. The molecule has 0 spiro atoms. The highest BCUT2D eigenvalue weighted by Crippen LogP contribution is 2.40. The minimum Gasteiger partial charge on any atom is -0.497 e. The number of halogens is 1. The molecule has 2 amide bonds. The normalized spacial score (nSPS) is 15.4. The molecule has 0 fully saturated rings. The Morgan fingerprint density at radius 3 is 2.55 bits per heavy atom. The highest BCUT2D eigenvalue weighted by molar-refractivity contribution is 6.33. The van der Waals surface area contributed by atoms with Gasteiger partial charge in [-0.05, 0) is 67.3 Å². The van der Waals surface area contributed by atoms with Gasteiger partial charge in [0, 0.05) is 23.1 Å². The van der Waals surface area contributed by atoms with Gasteiger partial charge in [-0.1, -0.05) is 47.5 Å². The second kappa shape index (κ2) is 8.49. The molecule has 5 rings (SSSR count). The van der Waals surface area contributed by atoms with Gasteiger partial charge in [-0.15, -0.1) is 0 Å². The Kier molecular flexibility index (Phi) is 5.51. The van der Waals surface area contributed by atoms with Crippen LogP contribution in [0.2, 0.25) is 5.02 Å². The smallest absolute Gasteiger partial charge is 0.322 e. The molecule has 0 unspecified atom stereocenters. The van der Waals surface area contributed by atoms with Gasteiger partial charge in [0.15, 0.2) is 0 Å². The molecule has 33 heavy (non-hydrogen) atoms. The molecular weight excluding hydrogens is 434 g/mol. The van der Waals surface area contributed by atoms with E-state index in [1.165, 1.54) is 11.1 Å². The molecule has 2 heterocycles. The van der Waals surface area contributed by atoms with Gasteiger partial charge >= 0.3 is 6.03 Å². The SMILES string of the molecule is COc1ccc2[nH]c3c(c2c1)CCN(C(=O)Nc1ccc(C)cc1Cl)[C@@H]3c1ccc(C)cc1. The predicted octanol–water partition coefficient (Wildman–Crippen LogP) is 6.63. The third-order valence-electron chi connectivity index (χ3n) is 6.35. The summed E-state index contributed by atoms with van der Waals surface area (Å²) in [7, 11) is 1.68. The fourth-order valence-electron chi connectivity index (χ4n) is 4.62. The molecule has 0 radical (unpaired) electrons. The number of rotatable bonds is 3. The molecule has 0 bridgehead atoms. The van der Waals surface area contributed by atoms with Crippen LogP contribution in [-0.2, 0) is 6.42 Å². The average molecular weight is 460 g/mol. The van der Waals surface area contributed by atoms with Gasteiger partial charge in [0.25, 0.3) is 0 Å². The van der Waals surface area contributed by atoms with E-state index in [-0.39, 0.29) is 12.1 Å². The monoisotopic (exact) mass is 459 g/mol. The highest BCUT2D eigenvalue weighted by Gasteiger charge is 2.35. The Morgan fingerprint density at radius 1 is 1.06 bits per heavy atom. The Bertz CT molecular complexity index is 1340. The molecular formula is C27H26ClN3O2. The maximum absolute atomic E-state index is 13.5. The van der Waals surface area contributed by atoms with Crippen LogP contribution in [0.4, 0.5) is 10.5 Å². The molecule has 3 aromatic carbocycles. The van der Waals surface area contributed by atoms with Gasteiger partial charge in [0.1, 0.15) is 5.75 Å². The largest absolute Gasteiger partial charge is 0.497 e. The van der Waals surface area contributed by atoms with Crippen LogP contribution in [0.5, 0.6) is 5.75 Å². The number of H-pyrrole nitrogens is 1. The summed E-state index contributed by atoms with van der Waals surface area (Å²) in [5, 5.41) is 4.70. The number of benzene rings is 3. The molecule has 6 heteroatoms. The van der Waals surface area contributed by atoms with E-state index in [1.807, 2.05) is 42.2 Å². The third-order valence-corrected chi connectivity index (χ3v) is 6.67. The average Bonchev–Trinajstić information content (AvgIpc) is 3.18. The van der Waals surface area contributed by atoms with Crippen LogP contribution in [0.25, 0.3) is 10.9 Å². The van der Waals surface area contributed by atoms with E-state index in [2.05, 4.69) is 47.6 Å². The Hall–Kier alpha value is -3.44. The zero-order chi connectivity index (χ0) is 23.1. The molecule has 1 aliphatic rings. The van der Waals surface area contributed by atoms with E-state index in [9.17, 15) is 4.79 Å². The molecule has 5 nitrogen and oxygen atoms in total. The van der Waals surface area contributed by atoms with Crippen molar-refractivity contribution in [2.24, 2.45) is 0 Å². The molecule has 2 N–H and O–H groups in total. The summed E-state index contributed by atoms with van der Waals surface area (Å²) < 4.78 is 5.45. The summed E-state index contributed by atoms with van der Waals surface area (Å²) in [6.45, 7) is 4.63. The third kappa shape index (κ3) is 3.93. The van der Waals surface area contributed by atoms with Crippen molar-refractivity contribution < 1.29 is 9.53 Å². The number of ether oxygens (including phenoxy) is 1. The minimum absolute atomic E-state index is 0.173. The molecule has 0 aliphatic carbocycles. The number of amides is 2. The molecule has 0 saturated heterocycles. The molecule has 1 atom stereocenters. The van der Waals surface area contributed by atoms with E-state index in [0.717, 1.165) is 39.9 Å². The Labute approximate surface area is 198 Å². The van der Waals surface area contributed by atoms with Crippen molar-refractivity contribution in [3.05, 3.63) is 93.6 Å². The maximum Gasteiger partial charge on any atom is 0.322 e. The maximum atomic E-state index is 13.5. The lowest BCUT2D eigenvalue weighted by molar-refractivity contribution is 0.193. The van der Waals surface area contributed by atoms with Crippen molar-refractivity contribution in [1.29, 1.82) is 0 Å². The standard InChI is InChI=1S/C27H26ClN3O2/c1-16-4-7-18(8-5-16)26-25-20(21-15-19(33-3)9-11-23(21)29-25)12-13-31(26)27(32)30-24-10-6-17(2)14-22(24)28/h4-11,14-15,26,29H,12-13H2,1-3H3,(H,30,32)/t26-/m1/s1. The van der Waals surface area contributed by atoms with Gasteiger partial charge in [-0.25, -0.2) is 4.79 Å². The van der Waals surface area contributed by atoms with Crippen LogP contribution >= 0.6 is 11.6 Å². The Balaban J connectivity index is 1.58. The lowest BCUT2D eigenvalue weighted by Crippen LogP contribution is -2.43. The summed E-state index contributed by atoms with van der Waals surface area (Å²) in [6.07, 6.45) is 0.750. The molecule has 168 valence electrons. The number of nitrogens with one attached hydrogen (secondary N) is 2. The Morgan fingerprint density at radius 2 is 1.82 bits per heavy atom. The summed E-state index contributed by atoms with van der Waals surface area (Å²) >= 11 is 6.40. The van der Waals surface area contributed by atoms with Crippen molar-refractivity contribution >= 4 is 34.2 Å². The van der Waals surface area contributed by atoms with Crippen LogP contribution < -0.4 is 10.1 Å². The number of nitrogens with zero attached hydrogens (tertiary/aromatic N) is 1. The van der Waals surface area contributed by atoms with Crippen LogP contribution in [0, 0.1) is 13.8 Å². The van der Waals surface area contributed by atoms with Gasteiger partial charge < -0.3 is 19.9 Å². The molecule has 4 aromatic rings. The van der Waals surface area contributed by atoms with Crippen LogP contribution in [0.3, 0.4) is 0 Å². The number of methoxy groups -OCH3 is 1. The summed E-state index contributed by atoms with van der Waals surface area (Å²) in [5.74, 6) is 0.824. The van der Waals surface area contributed by atoms with Crippen LogP contribution in [0.15, 0.2) is 60.7 Å². The van der Waals surface area contributed by atoms with E-state index in [1.54, 1.807) is 7.11 Å². The number of aryl methyl sites for hydroxylation is 2. The van der Waals surface area contributed by atoms with Crippen LogP contribution in [-0.4, -0.2) is 29.6 Å². The number of fused-ring (bicyclic) bond motifs is 3.